The van der Waals surface area contributed by atoms with Gasteiger partial charge in [0, 0.05) is 29.8 Å². The maximum atomic E-state index is 12.0. The number of hydrogen-bond acceptors (Lipinski definition) is 5. The fourth-order valence-corrected chi connectivity index (χ4v) is 2.58. The Morgan fingerprint density at radius 1 is 1.18 bits per heavy atom. The molecule has 0 spiro atoms. The van der Waals surface area contributed by atoms with Crippen molar-refractivity contribution in [2.75, 3.05) is 23.4 Å². The molecule has 1 heterocycles. The summed E-state index contributed by atoms with van der Waals surface area (Å²) < 4.78 is 4.95. The Morgan fingerprint density at radius 3 is 2.36 bits per heavy atom. The minimum atomic E-state index is -0.850. The average molecular weight is 389 g/mol. The SMILES string of the molecule is CC(NC(=O)C(C)(C)C)C(=O)OCC(=O)Nc1ccc(N2CCCC2=O)cc1. The summed E-state index contributed by atoms with van der Waals surface area (Å²) in [5, 5.41) is 5.18. The molecule has 1 aliphatic rings. The van der Waals surface area contributed by atoms with Crippen LogP contribution in [0.5, 0.6) is 0 Å². The van der Waals surface area contributed by atoms with Crippen molar-refractivity contribution >= 4 is 35.1 Å². The summed E-state index contributed by atoms with van der Waals surface area (Å²) in [6, 6.07) is 6.04. The van der Waals surface area contributed by atoms with Crippen LogP contribution in [0.1, 0.15) is 40.5 Å². The van der Waals surface area contributed by atoms with Gasteiger partial charge in [0.05, 0.1) is 0 Å². The van der Waals surface area contributed by atoms with Crippen molar-refractivity contribution in [1.29, 1.82) is 0 Å². The number of ether oxygens (including phenoxy) is 1. The molecule has 2 rings (SSSR count). The minimum absolute atomic E-state index is 0.0939. The molecule has 1 atom stereocenters. The van der Waals surface area contributed by atoms with Crippen molar-refractivity contribution < 1.29 is 23.9 Å². The first-order valence-electron chi connectivity index (χ1n) is 9.26. The number of benzene rings is 1. The van der Waals surface area contributed by atoms with E-state index in [0.29, 0.717) is 18.7 Å². The minimum Gasteiger partial charge on any atom is -0.454 e. The summed E-state index contributed by atoms with van der Waals surface area (Å²) in [4.78, 5) is 49.2. The Hall–Kier alpha value is -2.90. The molecule has 152 valence electrons. The van der Waals surface area contributed by atoms with Gasteiger partial charge in [0.1, 0.15) is 6.04 Å². The van der Waals surface area contributed by atoms with Crippen LogP contribution < -0.4 is 15.5 Å². The molecule has 1 aliphatic heterocycles. The van der Waals surface area contributed by atoms with Crippen molar-refractivity contribution in [3.8, 4) is 0 Å². The lowest BCUT2D eigenvalue weighted by atomic mass is 9.95. The fourth-order valence-electron chi connectivity index (χ4n) is 2.58. The van der Waals surface area contributed by atoms with Gasteiger partial charge in [0.15, 0.2) is 6.61 Å². The number of esters is 1. The van der Waals surface area contributed by atoms with Crippen LogP contribution in [-0.2, 0) is 23.9 Å². The summed E-state index contributed by atoms with van der Waals surface area (Å²) in [7, 11) is 0. The molecular formula is C20H27N3O5. The molecule has 2 N–H and O–H groups in total. The van der Waals surface area contributed by atoms with Gasteiger partial charge < -0.3 is 20.3 Å². The highest BCUT2D eigenvalue weighted by atomic mass is 16.5. The Kier molecular flexibility index (Phi) is 6.77. The number of anilines is 2. The smallest absolute Gasteiger partial charge is 0.328 e. The number of carbonyl (C=O) groups is 4. The number of amides is 3. The summed E-state index contributed by atoms with van der Waals surface area (Å²) in [5.41, 5.74) is 0.693. The van der Waals surface area contributed by atoms with Gasteiger partial charge in [-0.25, -0.2) is 4.79 Å². The molecular weight excluding hydrogens is 362 g/mol. The lowest BCUT2D eigenvalue weighted by molar-refractivity contribution is -0.150. The zero-order valence-corrected chi connectivity index (χ0v) is 16.7. The Balaban J connectivity index is 1.79. The van der Waals surface area contributed by atoms with Crippen molar-refractivity contribution in [2.45, 2.75) is 46.6 Å². The van der Waals surface area contributed by atoms with E-state index in [0.717, 1.165) is 12.1 Å². The Bertz CT molecular complexity index is 752. The van der Waals surface area contributed by atoms with Gasteiger partial charge in [-0.2, -0.15) is 0 Å². The second kappa shape index (κ2) is 8.86. The van der Waals surface area contributed by atoms with Crippen LogP contribution in [0.4, 0.5) is 11.4 Å². The Labute approximate surface area is 164 Å². The maximum Gasteiger partial charge on any atom is 0.328 e. The van der Waals surface area contributed by atoms with Crippen LogP contribution in [0, 0.1) is 5.41 Å². The molecule has 3 amide bonds. The third-order valence-corrected chi connectivity index (χ3v) is 4.26. The van der Waals surface area contributed by atoms with Crippen molar-refractivity contribution in [1.82, 2.24) is 5.32 Å². The van der Waals surface area contributed by atoms with E-state index in [4.69, 9.17) is 4.74 Å². The van der Waals surface area contributed by atoms with E-state index in [1.807, 2.05) is 0 Å². The Morgan fingerprint density at radius 2 is 1.82 bits per heavy atom. The van der Waals surface area contributed by atoms with Crippen LogP contribution in [0.3, 0.4) is 0 Å². The molecule has 0 bridgehead atoms. The molecule has 0 radical (unpaired) electrons. The van der Waals surface area contributed by atoms with Crippen LogP contribution in [-0.4, -0.2) is 42.9 Å². The molecule has 8 heteroatoms. The van der Waals surface area contributed by atoms with E-state index in [-0.39, 0.29) is 11.8 Å². The molecule has 0 aromatic heterocycles. The van der Waals surface area contributed by atoms with Gasteiger partial charge in [0.25, 0.3) is 5.91 Å². The van der Waals surface area contributed by atoms with E-state index >= 15 is 0 Å². The molecule has 0 aliphatic carbocycles. The predicted octanol–water partition coefficient (Wildman–Crippen LogP) is 1.85. The number of nitrogens with one attached hydrogen (secondary N) is 2. The molecule has 1 aromatic carbocycles. The summed E-state index contributed by atoms with van der Waals surface area (Å²) in [5.74, 6) is -1.36. The quantitative estimate of drug-likeness (QED) is 0.723. The van der Waals surface area contributed by atoms with Crippen molar-refractivity contribution in [2.24, 2.45) is 5.41 Å². The van der Waals surface area contributed by atoms with E-state index in [1.165, 1.54) is 6.92 Å². The number of carbonyl (C=O) groups excluding carboxylic acids is 4. The zero-order valence-electron chi connectivity index (χ0n) is 16.7. The third-order valence-electron chi connectivity index (χ3n) is 4.26. The molecule has 0 saturated carbocycles. The van der Waals surface area contributed by atoms with E-state index in [2.05, 4.69) is 10.6 Å². The molecule has 1 unspecified atom stereocenters. The standard InChI is InChI=1S/C20H27N3O5/c1-13(21-19(27)20(2,3)4)18(26)28-12-16(24)22-14-7-9-15(10-8-14)23-11-5-6-17(23)25/h7-10,13H,5-6,11-12H2,1-4H3,(H,21,27)(H,22,24). The van der Waals surface area contributed by atoms with Crippen LogP contribution in [0.25, 0.3) is 0 Å². The number of hydrogen-bond donors (Lipinski definition) is 2. The van der Waals surface area contributed by atoms with E-state index in [1.54, 1.807) is 49.9 Å². The highest BCUT2D eigenvalue weighted by Gasteiger charge is 2.26. The van der Waals surface area contributed by atoms with E-state index in [9.17, 15) is 19.2 Å². The summed E-state index contributed by atoms with van der Waals surface area (Å²) in [6.07, 6.45) is 1.40. The molecule has 1 fully saturated rings. The summed E-state index contributed by atoms with van der Waals surface area (Å²) >= 11 is 0. The highest BCUT2D eigenvalue weighted by Crippen LogP contribution is 2.23. The van der Waals surface area contributed by atoms with Gasteiger partial charge in [-0.05, 0) is 37.6 Å². The fraction of sp³-hybridized carbons (Fsp3) is 0.500. The molecule has 1 saturated heterocycles. The maximum absolute atomic E-state index is 12.0. The highest BCUT2D eigenvalue weighted by molar-refractivity contribution is 5.96. The van der Waals surface area contributed by atoms with Gasteiger partial charge in [-0.1, -0.05) is 20.8 Å². The lowest BCUT2D eigenvalue weighted by Crippen LogP contribution is -2.45. The first-order valence-corrected chi connectivity index (χ1v) is 9.26. The first kappa shape index (κ1) is 21.4. The number of nitrogens with zero attached hydrogens (tertiary/aromatic N) is 1. The van der Waals surface area contributed by atoms with Crippen molar-refractivity contribution in [3.63, 3.8) is 0 Å². The summed E-state index contributed by atoms with van der Waals surface area (Å²) in [6.45, 7) is 6.95. The average Bonchev–Trinajstić information content (AvgIpc) is 3.05. The second-order valence-electron chi connectivity index (χ2n) is 7.80. The number of rotatable bonds is 6. The van der Waals surface area contributed by atoms with E-state index < -0.39 is 29.9 Å². The van der Waals surface area contributed by atoms with Crippen LogP contribution >= 0.6 is 0 Å². The lowest BCUT2D eigenvalue weighted by Gasteiger charge is -2.20. The van der Waals surface area contributed by atoms with Gasteiger partial charge in [-0.3, -0.25) is 14.4 Å². The van der Waals surface area contributed by atoms with Crippen molar-refractivity contribution in [3.05, 3.63) is 24.3 Å². The molecule has 28 heavy (non-hydrogen) atoms. The van der Waals surface area contributed by atoms with Gasteiger partial charge in [-0.15, -0.1) is 0 Å². The van der Waals surface area contributed by atoms with Crippen LogP contribution in [0.2, 0.25) is 0 Å². The third kappa shape index (κ3) is 5.80. The second-order valence-corrected chi connectivity index (χ2v) is 7.80. The first-order chi connectivity index (χ1) is 13.1. The molecule has 8 nitrogen and oxygen atoms in total. The van der Waals surface area contributed by atoms with Crippen LogP contribution in [0.15, 0.2) is 24.3 Å². The largest absolute Gasteiger partial charge is 0.454 e. The predicted molar refractivity (Wildman–Crippen MR) is 105 cm³/mol. The molecule has 1 aromatic rings. The normalized spacial score (nSPS) is 15.1. The zero-order chi connectivity index (χ0) is 20.9. The monoisotopic (exact) mass is 389 g/mol. The van der Waals surface area contributed by atoms with Gasteiger partial charge in [0.2, 0.25) is 11.8 Å². The van der Waals surface area contributed by atoms with Gasteiger partial charge >= 0.3 is 5.97 Å². The topological polar surface area (TPSA) is 105 Å².